The van der Waals surface area contributed by atoms with E-state index in [0.717, 1.165) is 112 Å². The largest absolute Gasteiger partial charge is 0.463 e. The molecule has 6 aromatic carbocycles. The Labute approximate surface area is 767 Å². The standard InChI is InChI=1S/3C36H57O3P.CH2O.Ni/c3*1-3-5-7-9-11-13-16-20-32-24-28-35(29-25-32)38-40(37-34-22-18-15-19-23-34)39-36-30-26-33(27-31-36)21-17-14-12-10-8-6-4-2;1-2;/h3*24-31,34H,3-23H2,1-2H3;1H2;. The second kappa shape index (κ2) is 75.3. The number of benzene rings is 6. The molecule has 0 N–H and O–H groups in total. The van der Waals surface area contributed by atoms with E-state index < -0.39 is 25.8 Å². The molecule has 10 nitrogen and oxygen atoms in total. The summed E-state index contributed by atoms with van der Waals surface area (Å²) in [5, 5.41) is 0. The van der Waals surface area contributed by atoms with E-state index in [0.29, 0.717) is 0 Å². The summed E-state index contributed by atoms with van der Waals surface area (Å²) in [4.78, 5) is 8.00. The molecule has 0 atom stereocenters. The molecule has 0 heterocycles. The zero-order valence-electron chi connectivity index (χ0n) is 78.6. The van der Waals surface area contributed by atoms with E-state index in [2.05, 4.69) is 187 Å². The Hall–Kier alpha value is -4.55. The van der Waals surface area contributed by atoms with Gasteiger partial charge in [0.15, 0.2) is 0 Å². The van der Waals surface area contributed by atoms with Crippen molar-refractivity contribution in [2.24, 2.45) is 0 Å². The van der Waals surface area contributed by atoms with Gasteiger partial charge in [0.05, 0.1) is 18.3 Å². The minimum Gasteiger partial charge on any atom is -0.418 e. The zero-order chi connectivity index (χ0) is 86.3. The van der Waals surface area contributed by atoms with Crippen LogP contribution >= 0.6 is 25.8 Å². The van der Waals surface area contributed by atoms with Gasteiger partial charge in [-0.15, -0.1) is 0 Å². The van der Waals surface area contributed by atoms with Crippen LogP contribution in [0.3, 0.4) is 0 Å². The molecule has 3 aliphatic rings. The molecule has 0 radical (unpaired) electrons. The van der Waals surface area contributed by atoms with E-state index in [-0.39, 0.29) is 34.8 Å². The van der Waals surface area contributed by atoms with Gasteiger partial charge in [0.2, 0.25) is 0 Å². The van der Waals surface area contributed by atoms with Gasteiger partial charge in [-0.05, 0) is 222 Å². The van der Waals surface area contributed by atoms with Crippen molar-refractivity contribution in [3.8, 4) is 34.5 Å². The fourth-order valence-corrected chi connectivity index (χ4v) is 20.1. The van der Waals surface area contributed by atoms with Crippen LogP contribution in [-0.2, 0) is 73.4 Å². The van der Waals surface area contributed by atoms with E-state index in [1.54, 1.807) is 0 Å². The van der Waals surface area contributed by atoms with Crippen LogP contribution in [-0.4, -0.2) is 25.1 Å². The van der Waals surface area contributed by atoms with Gasteiger partial charge >= 0.3 is 25.8 Å². The molecule has 3 saturated carbocycles. The normalized spacial score (nSPS) is 13.8. The van der Waals surface area contributed by atoms with Crippen LogP contribution in [0.1, 0.15) is 441 Å². The zero-order valence-corrected chi connectivity index (χ0v) is 82.3. The summed E-state index contributed by atoms with van der Waals surface area (Å²) >= 11 is 0. The fourth-order valence-electron chi connectivity index (χ4n) is 16.6. The molecule has 123 heavy (non-hydrogen) atoms. The molecule has 9 rings (SSSR count). The average Bonchev–Trinajstić information content (AvgIpc) is 0.870. The summed E-state index contributed by atoms with van der Waals surface area (Å²) in [6.45, 7) is 15.7. The number of hydrogen-bond acceptors (Lipinski definition) is 10. The van der Waals surface area contributed by atoms with E-state index >= 15 is 0 Å². The number of carbonyl (C=O) groups is 1. The van der Waals surface area contributed by atoms with Gasteiger partial charge in [-0.3, -0.25) is 13.6 Å². The molecule has 0 aromatic heterocycles. The van der Waals surface area contributed by atoms with Crippen LogP contribution < -0.4 is 27.1 Å². The van der Waals surface area contributed by atoms with Crippen molar-refractivity contribution in [3.05, 3.63) is 179 Å². The smallest absolute Gasteiger partial charge is 0.418 e. The van der Waals surface area contributed by atoms with E-state index in [4.69, 9.17) is 45.5 Å². The summed E-state index contributed by atoms with van der Waals surface area (Å²) in [5.74, 6) is 5.00. The van der Waals surface area contributed by atoms with Crippen LogP contribution in [0.15, 0.2) is 146 Å². The Morgan fingerprint density at radius 3 is 0.472 bits per heavy atom. The molecule has 3 fully saturated rings. The first-order chi connectivity index (χ1) is 60.3. The molecule has 0 amide bonds. The topological polar surface area (TPSA) is 100 Å². The number of unbranched alkanes of at least 4 members (excludes halogenated alkanes) is 36. The molecule has 0 spiro atoms. The van der Waals surface area contributed by atoms with E-state index in [9.17, 15) is 0 Å². The van der Waals surface area contributed by atoms with Crippen molar-refractivity contribution in [2.75, 3.05) is 0 Å². The van der Waals surface area contributed by atoms with Crippen LogP contribution in [0.5, 0.6) is 34.5 Å². The number of rotatable bonds is 66. The van der Waals surface area contributed by atoms with Crippen molar-refractivity contribution < 1.29 is 62.0 Å². The summed E-state index contributed by atoms with van der Waals surface area (Å²) in [6.07, 6.45) is 82.0. The third-order valence-corrected chi connectivity index (χ3v) is 28.0. The molecule has 0 saturated heterocycles. The monoisotopic (exact) mass is 1790 g/mol. The van der Waals surface area contributed by atoms with Crippen molar-refractivity contribution in [1.29, 1.82) is 0 Å². The summed E-state index contributed by atoms with van der Waals surface area (Å²) in [5.41, 5.74) is 8.31. The molecule has 0 aliphatic heterocycles. The van der Waals surface area contributed by atoms with Gasteiger partial charge in [-0.1, -0.05) is 403 Å². The first kappa shape index (κ1) is 109. The second-order valence-electron chi connectivity index (χ2n) is 35.4. The molecule has 3 aliphatic carbocycles. The van der Waals surface area contributed by atoms with Gasteiger partial charge in [0.25, 0.3) is 0 Å². The third-order valence-electron chi connectivity index (χ3n) is 24.4. The maximum Gasteiger partial charge on any atom is 0.463 e. The number of carbonyl (C=O) groups excluding carboxylic acids is 1. The van der Waals surface area contributed by atoms with Gasteiger partial charge in [0, 0.05) is 16.5 Å². The second-order valence-corrected chi connectivity index (χ2v) is 38.5. The Kier molecular flexibility index (Phi) is 66.7. The first-order valence-corrected chi connectivity index (χ1v) is 53.9. The molecule has 6 aromatic rings. The van der Waals surface area contributed by atoms with Crippen LogP contribution in [0.2, 0.25) is 0 Å². The number of hydrogen-bond donors (Lipinski definition) is 0. The van der Waals surface area contributed by atoms with Gasteiger partial charge in [-0.2, -0.15) is 0 Å². The summed E-state index contributed by atoms with van der Waals surface area (Å²) in [7, 11) is -4.49. The van der Waals surface area contributed by atoms with E-state index in [1.807, 2.05) is 6.79 Å². The van der Waals surface area contributed by atoms with Crippen LogP contribution in [0.25, 0.3) is 0 Å². The maximum atomic E-state index is 8.00. The average molecular weight is 1800 g/mol. The quantitative estimate of drug-likeness (QED) is 0.0208. The molecular formula is C109H173NiO10P3. The number of aryl methyl sites for hydroxylation is 6. The van der Waals surface area contributed by atoms with Crippen LogP contribution in [0.4, 0.5) is 0 Å². The van der Waals surface area contributed by atoms with Crippen molar-refractivity contribution in [2.45, 2.75) is 464 Å². The fraction of sp³-hybridized carbons (Fsp3) is 0.661. The third kappa shape index (κ3) is 54.5. The SMILES string of the molecule is C=O.CCCCCCCCCc1ccc(OP(Oc2ccc(CCCCCCCCC)cc2)OC2CCCCC2)cc1.CCCCCCCCCc1ccc(OP(Oc2ccc(CCCCCCCCC)cc2)OC2CCCCC2)cc1.CCCCCCCCCc1ccc(OP(Oc2ccc(CCCCCCCCC)cc2)OC2CCCCC2)cc1.[Ni]. The molecule has 0 unspecified atom stereocenters. The Morgan fingerprint density at radius 1 is 0.203 bits per heavy atom. The maximum absolute atomic E-state index is 8.00. The van der Waals surface area contributed by atoms with Crippen LogP contribution in [0, 0.1) is 0 Å². The predicted molar refractivity (Wildman–Crippen MR) is 524 cm³/mol. The molecule has 694 valence electrons. The predicted octanol–water partition coefficient (Wildman–Crippen LogP) is 36.7. The van der Waals surface area contributed by atoms with Gasteiger partial charge in [-0.25, -0.2) is 0 Å². The molecule has 0 bridgehead atoms. The molecular weight excluding hydrogens is 1620 g/mol. The van der Waals surface area contributed by atoms with Gasteiger partial charge in [0.1, 0.15) is 41.3 Å². The van der Waals surface area contributed by atoms with Gasteiger partial charge < -0.3 is 31.9 Å². The minimum absolute atomic E-state index is 0. The minimum atomic E-state index is -1.50. The van der Waals surface area contributed by atoms with Crippen molar-refractivity contribution in [3.63, 3.8) is 0 Å². The van der Waals surface area contributed by atoms with Crippen molar-refractivity contribution in [1.82, 2.24) is 0 Å². The summed E-state index contributed by atoms with van der Waals surface area (Å²) < 4.78 is 57.2. The van der Waals surface area contributed by atoms with Crippen molar-refractivity contribution >= 4 is 32.6 Å². The first-order valence-electron chi connectivity index (χ1n) is 50.6. The summed E-state index contributed by atoms with van der Waals surface area (Å²) in [6, 6.07) is 51.5. The Balaban J connectivity index is 0.000000323. The molecule has 14 heteroatoms. The van der Waals surface area contributed by atoms with E-state index in [1.165, 1.54) is 361 Å². The Morgan fingerprint density at radius 2 is 0.333 bits per heavy atom. The Bertz CT molecular complexity index is 2770.